The van der Waals surface area contributed by atoms with Gasteiger partial charge in [-0.25, -0.2) is 9.59 Å². The molecule has 2 amide bonds. The van der Waals surface area contributed by atoms with Crippen molar-refractivity contribution in [3.8, 4) is 11.5 Å². The molecule has 11 heteroatoms. The number of rotatable bonds is 10. The minimum Gasteiger partial charge on any atom is -0.490 e. The number of benzene rings is 2. The van der Waals surface area contributed by atoms with Crippen molar-refractivity contribution >= 4 is 29.1 Å². The number of carbonyl (C=O) groups excluding carboxylic acids is 2. The topological polar surface area (TPSA) is 135 Å². The van der Waals surface area contributed by atoms with Gasteiger partial charge in [0.2, 0.25) is 0 Å². The Morgan fingerprint density at radius 3 is 2.72 bits per heavy atom. The van der Waals surface area contributed by atoms with Crippen LogP contribution in [0.1, 0.15) is 36.7 Å². The van der Waals surface area contributed by atoms with E-state index in [4.69, 9.17) is 14.2 Å². The Balaban J connectivity index is 1.46. The highest BCUT2D eigenvalue weighted by Crippen LogP contribution is 2.35. The number of aliphatic hydroxyl groups excluding tert-OH is 1. The van der Waals surface area contributed by atoms with E-state index < -0.39 is 24.3 Å². The van der Waals surface area contributed by atoms with Crippen molar-refractivity contribution in [2.75, 3.05) is 20.3 Å². The first-order valence-corrected chi connectivity index (χ1v) is 12.5. The second kappa shape index (κ2) is 11.9. The Morgan fingerprint density at radius 2 is 1.97 bits per heavy atom. The number of nitrogens with one attached hydrogen (secondary N) is 3. The fraction of sp³-hybridized carbons (Fsp3) is 0.321. The van der Waals surface area contributed by atoms with Gasteiger partial charge in [0.1, 0.15) is 6.61 Å². The lowest BCUT2D eigenvalue weighted by molar-refractivity contribution is -0.136. The average molecular weight is 536 g/mol. The zero-order valence-electron chi connectivity index (χ0n) is 22.6. The number of aryl methyl sites for hydroxylation is 1. The van der Waals surface area contributed by atoms with Crippen molar-refractivity contribution in [1.29, 1.82) is 0 Å². The number of nitrogens with zero attached hydrogens (tertiary/aromatic N) is 2. The number of fused-ring (bicyclic) bond motifs is 1. The smallest absolute Gasteiger partial charge is 0.337 e. The summed E-state index contributed by atoms with van der Waals surface area (Å²) in [6, 6.07) is 11.9. The van der Waals surface area contributed by atoms with E-state index in [1.165, 1.54) is 7.11 Å². The number of aromatic nitrogens is 1. The van der Waals surface area contributed by atoms with Crippen molar-refractivity contribution < 1.29 is 28.9 Å². The van der Waals surface area contributed by atoms with Crippen molar-refractivity contribution in [2.45, 2.75) is 33.0 Å². The standard InChI is InChI=1S/C28H33N5O6/c1-6-38-23-13-18(26-25(27(35)37-5)16(2)30-28(36)31-26)11-12-22(23)39-15-24(34)32-29-14-20-17(3)33(4)21-10-8-7-9-19(20)21/h7-14,24,26,32,34H,6,15H2,1-5H3,(H2,30,31,36)/b29-14-/t24-,26-/m1/s1. The Hall–Kier alpha value is -4.51. The fourth-order valence-electron chi connectivity index (χ4n) is 4.52. The average Bonchev–Trinajstić information content (AvgIpc) is 3.16. The highest BCUT2D eigenvalue weighted by molar-refractivity contribution is 6.01. The highest BCUT2D eigenvalue weighted by atomic mass is 16.5. The van der Waals surface area contributed by atoms with Gasteiger partial charge in [-0.2, -0.15) is 5.10 Å². The van der Waals surface area contributed by atoms with E-state index in [0.717, 1.165) is 22.2 Å². The van der Waals surface area contributed by atoms with Gasteiger partial charge in [-0.05, 0) is 44.5 Å². The van der Waals surface area contributed by atoms with Crippen LogP contribution in [0.4, 0.5) is 4.79 Å². The number of allylic oxidation sites excluding steroid dienone is 1. The normalized spacial score (nSPS) is 16.2. The molecule has 0 aliphatic carbocycles. The SMILES string of the molecule is CCOc1cc([C@H]2NC(=O)NC(C)=C2C(=O)OC)ccc1OC[C@@H](O)N/N=C\c1c(C)n(C)c2ccccc12. The van der Waals surface area contributed by atoms with Crippen LogP contribution in [0.3, 0.4) is 0 Å². The Labute approximate surface area is 226 Å². The number of hydrogen-bond donors (Lipinski definition) is 4. The quantitative estimate of drug-likeness (QED) is 0.136. The number of carbonyl (C=O) groups is 2. The minimum absolute atomic E-state index is 0.109. The first-order valence-electron chi connectivity index (χ1n) is 12.5. The Kier molecular flexibility index (Phi) is 8.40. The van der Waals surface area contributed by atoms with E-state index in [1.54, 1.807) is 31.3 Å². The van der Waals surface area contributed by atoms with Crippen LogP contribution in [0.25, 0.3) is 10.9 Å². The van der Waals surface area contributed by atoms with Crippen molar-refractivity contribution in [1.82, 2.24) is 20.6 Å². The number of hydrogen-bond acceptors (Lipinski definition) is 8. The number of ether oxygens (including phenoxy) is 3. The molecule has 0 saturated heterocycles. The molecule has 4 N–H and O–H groups in total. The van der Waals surface area contributed by atoms with Crippen molar-refractivity contribution in [3.63, 3.8) is 0 Å². The van der Waals surface area contributed by atoms with E-state index in [-0.39, 0.29) is 12.2 Å². The van der Waals surface area contributed by atoms with Gasteiger partial charge in [0.15, 0.2) is 17.7 Å². The van der Waals surface area contributed by atoms with Crippen LogP contribution in [0.2, 0.25) is 0 Å². The van der Waals surface area contributed by atoms with Crippen LogP contribution in [0.15, 0.2) is 58.8 Å². The number of urea groups is 1. The maximum Gasteiger partial charge on any atom is 0.337 e. The molecule has 0 spiro atoms. The summed E-state index contributed by atoms with van der Waals surface area (Å²) in [5.74, 6) is 0.222. The molecule has 0 fully saturated rings. The molecule has 2 aromatic carbocycles. The summed E-state index contributed by atoms with van der Waals surface area (Å²) < 4.78 is 18.6. The number of methoxy groups -OCH3 is 1. The van der Waals surface area contributed by atoms with Crippen LogP contribution in [-0.4, -0.2) is 54.4 Å². The first kappa shape index (κ1) is 27.5. The first-order chi connectivity index (χ1) is 18.7. The molecular formula is C28H33N5O6. The maximum atomic E-state index is 12.4. The lowest BCUT2D eigenvalue weighted by atomic mass is 9.95. The van der Waals surface area contributed by atoms with Gasteiger partial charge in [-0.1, -0.05) is 24.3 Å². The van der Waals surface area contributed by atoms with Gasteiger partial charge in [0, 0.05) is 34.9 Å². The second-order valence-electron chi connectivity index (χ2n) is 8.99. The number of amides is 2. The molecule has 39 heavy (non-hydrogen) atoms. The minimum atomic E-state index is -1.09. The molecule has 206 valence electrons. The third kappa shape index (κ3) is 5.83. The zero-order valence-corrected chi connectivity index (χ0v) is 22.6. The molecular weight excluding hydrogens is 502 g/mol. The number of aliphatic hydroxyl groups is 1. The van der Waals surface area contributed by atoms with Crippen LogP contribution in [-0.2, 0) is 16.6 Å². The molecule has 11 nitrogen and oxygen atoms in total. The molecule has 2 atom stereocenters. The molecule has 0 unspecified atom stereocenters. The fourth-order valence-corrected chi connectivity index (χ4v) is 4.52. The van der Waals surface area contributed by atoms with Crippen LogP contribution in [0.5, 0.6) is 11.5 Å². The predicted octanol–water partition coefficient (Wildman–Crippen LogP) is 3.01. The molecule has 4 rings (SSSR count). The van der Waals surface area contributed by atoms with E-state index in [1.807, 2.05) is 45.2 Å². The summed E-state index contributed by atoms with van der Waals surface area (Å²) in [5, 5.41) is 21.1. The summed E-state index contributed by atoms with van der Waals surface area (Å²) in [6.45, 7) is 5.72. The largest absolute Gasteiger partial charge is 0.490 e. The highest BCUT2D eigenvalue weighted by Gasteiger charge is 2.32. The predicted molar refractivity (Wildman–Crippen MR) is 147 cm³/mol. The third-order valence-electron chi connectivity index (χ3n) is 6.54. The molecule has 1 aliphatic rings. The molecule has 0 bridgehead atoms. The summed E-state index contributed by atoms with van der Waals surface area (Å²) >= 11 is 0. The molecule has 3 aromatic rings. The van der Waals surface area contributed by atoms with Gasteiger partial charge in [-0.15, -0.1) is 0 Å². The Morgan fingerprint density at radius 1 is 1.21 bits per heavy atom. The zero-order chi connectivity index (χ0) is 28.1. The van der Waals surface area contributed by atoms with Crippen molar-refractivity contribution in [2.24, 2.45) is 12.1 Å². The van der Waals surface area contributed by atoms with E-state index in [0.29, 0.717) is 29.4 Å². The summed E-state index contributed by atoms with van der Waals surface area (Å²) in [4.78, 5) is 24.5. The lowest BCUT2D eigenvalue weighted by Crippen LogP contribution is -2.45. The summed E-state index contributed by atoms with van der Waals surface area (Å²) in [7, 11) is 3.28. The monoisotopic (exact) mass is 535 g/mol. The number of para-hydroxylation sites is 1. The van der Waals surface area contributed by atoms with Gasteiger partial charge in [-0.3, -0.25) is 5.43 Å². The van der Waals surface area contributed by atoms with E-state index in [2.05, 4.69) is 25.7 Å². The van der Waals surface area contributed by atoms with Crippen LogP contribution in [0, 0.1) is 6.92 Å². The molecule has 0 radical (unpaired) electrons. The Bertz CT molecular complexity index is 1440. The van der Waals surface area contributed by atoms with Crippen LogP contribution >= 0.6 is 0 Å². The molecule has 0 saturated carbocycles. The van der Waals surface area contributed by atoms with Gasteiger partial charge < -0.3 is 34.5 Å². The summed E-state index contributed by atoms with van der Waals surface area (Å²) in [5.41, 5.74) is 7.10. The van der Waals surface area contributed by atoms with Gasteiger partial charge >= 0.3 is 12.0 Å². The number of hydrazone groups is 1. The van der Waals surface area contributed by atoms with E-state index in [9.17, 15) is 14.7 Å². The van der Waals surface area contributed by atoms with Crippen molar-refractivity contribution in [3.05, 3.63) is 70.6 Å². The van der Waals surface area contributed by atoms with Gasteiger partial charge in [0.05, 0.1) is 31.5 Å². The third-order valence-corrected chi connectivity index (χ3v) is 6.54. The molecule has 1 aromatic heterocycles. The van der Waals surface area contributed by atoms with E-state index >= 15 is 0 Å². The maximum absolute atomic E-state index is 12.4. The second-order valence-corrected chi connectivity index (χ2v) is 8.99. The molecule has 2 heterocycles. The lowest BCUT2D eigenvalue weighted by Gasteiger charge is -2.28. The van der Waals surface area contributed by atoms with Gasteiger partial charge in [0.25, 0.3) is 0 Å². The van der Waals surface area contributed by atoms with Crippen LogP contribution < -0.4 is 25.5 Å². The summed E-state index contributed by atoms with van der Waals surface area (Å²) in [6.07, 6.45) is 0.592. The number of esters is 1. The molecule has 1 aliphatic heterocycles.